The molecular formula is C18H22N4O4. The van der Waals surface area contributed by atoms with Crippen LogP contribution in [0.3, 0.4) is 0 Å². The van der Waals surface area contributed by atoms with E-state index >= 15 is 0 Å². The number of piperidine rings is 1. The van der Waals surface area contributed by atoms with E-state index in [0.29, 0.717) is 30.8 Å². The fourth-order valence-electron chi connectivity index (χ4n) is 4.19. The first-order chi connectivity index (χ1) is 12.3. The molecule has 2 fully saturated rings. The smallest absolute Gasteiger partial charge is 0.320 e. The van der Waals surface area contributed by atoms with Crippen LogP contribution in [-0.2, 0) is 4.79 Å². The van der Waals surface area contributed by atoms with Gasteiger partial charge in [-0.05, 0) is 44.7 Å². The number of amides is 1. The van der Waals surface area contributed by atoms with Gasteiger partial charge in [0, 0.05) is 25.3 Å². The van der Waals surface area contributed by atoms with Crippen LogP contribution in [0.15, 0.2) is 10.9 Å². The van der Waals surface area contributed by atoms with E-state index in [2.05, 4.69) is 4.98 Å². The standard InChI is InChI=1S/C18H22N4O4/c1-11-13(7-12(9-19)15(23)20-11)16(24)22-5-3-18(4-6-22)8-14(17(25)26)21(2)10-18/h7,14H,3-6,8,10H2,1-2H3,(H,20,23)(H,25,26)/t14-/m0/s1. The second kappa shape index (κ2) is 6.57. The van der Waals surface area contributed by atoms with Crippen molar-refractivity contribution >= 4 is 11.9 Å². The maximum absolute atomic E-state index is 12.8. The van der Waals surface area contributed by atoms with Gasteiger partial charge in [-0.3, -0.25) is 19.3 Å². The third-order valence-corrected chi connectivity index (χ3v) is 5.73. The molecule has 3 rings (SSSR count). The second-order valence-corrected chi connectivity index (χ2v) is 7.43. The van der Waals surface area contributed by atoms with Crippen molar-refractivity contribution in [2.45, 2.75) is 32.2 Å². The van der Waals surface area contributed by atoms with E-state index in [4.69, 9.17) is 5.26 Å². The first-order valence-electron chi connectivity index (χ1n) is 8.63. The number of nitriles is 1. The van der Waals surface area contributed by atoms with E-state index in [1.54, 1.807) is 17.9 Å². The summed E-state index contributed by atoms with van der Waals surface area (Å²) in [4.78, 5) is 42.0. The number of nitrogens with one attached hydrogen (secondary N) is 1. The molecule has 2 saturated heterocycles. The zero-order valence-electron chi connectivity index (χ0n) is 14.9. The molecule has 0 aromatic carbocycles. The van der Waals surface area contributed by atoms with E-state index in [9.17, 15) is 19.5 Å². The van der Waals surface area contributed by atoms with E-state index in [1.807, 2.05) is 11.9 Å². The molecule has 138 valence electrons. The predicted molar refractivity (Wildman–Crippen MR) is 92.8 cm³/mol. The number of likely N-dealkylation sites (N-methyl/N-ethyl adjacent to an activating group) is 1. The molecule has 0 unspecified atom stereocenters. The van der Waals surface area contributed by atoms with Crippen molar-refractivity contribution in [2.24, 2.45) is 5.41 Å². The fourth-order valence-corrected chi connectivity index (χ4v) is 4.19. The molecule has 8 nitrogen and oxygen atoms in total. The highest BCUT2D eigenvalue weighted by atomic mass is 16.4. The number of carbonyl (C=O) groups excluding carboxylic acids is 1. The van der Waals surface area contributed by atoms with Crippen LogP contribution in [-0.4, -0.2) is 64.5 Å². The first kappa shape index (κ1) is 18.1. The number of carbonyl (C=O) groups is 2. The predicted octanol–water partition coefficient (Wildman–Crippen LogP) is 0.566. The molecule has 0 aliphatic carbocycles. The number of pyridine rings is 1. The quantitative estimate of drug-likeness (QED) is 0.798. The number of carboxylic acid groups (broad SMARTS) is 1. The van der Waals surface area contributed by atoms with Crippen molar-refractivity contribution in [3.63, 3.8) is 0 Å². The highest BCUT2D eigenvalue weighted by Crippen LogP contribution is 2.43. The average Bonchev–Trinajstić information content (AvgIpc) is 2.91. The number of aromatic amines is 1. The van der Waals surface area contributed by atoms with Gasteiger partial charge in [0.25, 0.3) is 11.5 Å². The maximum Gasteiger partial charge on any atom is 0.320 e. The number of carboxylic acids is 1. The fraction of sp³-hybridized carbons (Fsp3) is 0.556. The number of aromatic nitrogens is 1. The number of aryl methyl sites for hydroxylation is 1. The molecule has 0 bridgehead atoms. The number of aliphatic carboxylic acids is 1. The Balaban J connectivity index is 1.73. The number of likely N-dealkylation sites (tertiary alicyclic amines) is 2. The molecule has 1 atom stereocenters. The molecule has 1 aromatic rings. The molecule has 1 aromatic heterocycles. The highest BCUT2D eigenvalue weighted by Gasteiger charge is 2.47. The van der Waals surface area contributed by atoms with Crippen LogP contribution in [0.2, 0.25) is 0 Å². The van der Waals surface area contributed by atoms with E-state index in [0.717, 1.165) is 19.4 Å². The molecule has 0 radical (unpaired) electrons. The topological polar surface area (TPSA) is 118 Å². The summed E-state index contributed by atoms with van der Waals surface area (Å²) in [6.07, 6.45) is 2.11. The minimum atomic E-state index is -0.796. The van der Waals surface area contributed by atoms with Crippen molar-refractivity contribution in [1.82, 2.24) is 14.8 Å². The van der Waals surface area contributed by atoms with Gasteiger partial charge in [-0.25, -0.2) is 0 Å². The Hall–Kier alpha value is -2.66. The number of hydrogen-bond acceptors (Lipinski definition) is 5. The average molecular weight is 358 g/mol. The van der Waals surface area contributed by atoms with Gasteiger partial charge in [0.2, 0.25) is 0 Å². The lowest BCUT2D eigenvalue weighted by Gasteiger charge is -2.39. The summed E-state index contributed by atoms with van der Waals surface area (Å²) < 4.78 is 0. The molecule has 2 N–H and O–H groups in total. The molecule has 1 amide bonds. The minimum absolute atomic E-state index is 0.0630. The van der Waals surface area contributed by atoms with Crippen LogP contribution in [0.4, 0.5) is 0 Å². The summed E-state index contributed by atoms with van der Waals surface area (Å²) in [7, 11) is 1.83. The van der Waals surface area contributed by atoms with Crippen LogP contribution in [0.25, 0.3) is 0 Å². The van der Waals surface area contributed by atoms with Gasteiger partial charge in [-0.15, -0.1) is 0 Å². The van der Waals surface area contributed by atoms with Crippen molar-refractivity contribution in [1.29, 1.82) is 5.26 Å². The molecule has 1 spiro atoms. The van der Waals surface area contributed by atoms with Gasteiger partial charge in [0.1, 0.15) is 17.7 Å². The number of nitrogens with zero attached hydrogens (tertiary/aromatic N) is 3. The molecule has 0 saturated carbocycles. The van der Waals surface area contributed by atoms with Gasteiger partial charge in [-0.2, -0.15) is 5.26 Å². The summed E-state index contributed by atoms with van der Waals surface area (Å²) in [6, 6.07) is 2.70. The van der Waals surface area contributed by atoms with E-state index in [1.165, 1.54) is 6.07 Å². The Labute approximate surface area is 151 Å². The Bertz CT molecular complexity index is 846. The van der Waals surface area contributed by atoms with Crippen molar-refractivity contribution in [3.8, 4) is 6.07 Å². The Kier molecular flexibility index (Phi) is 4.59. The number of hydrogen-bond donors (Lipinski definition) is 2. The number of H-pyrrole nitrogens is 1. The third-order valence-electron chi connectivity index (χ3n) is 5.73. The van der Waals surface area contributed by atoms with Gasteiger partial charge in [0.05, 0.1) is 5.56 Å². The Morgan fingerprint density at radius 3 is 2.58 bits per heavy atom. The normalized spacial score (nSPS) is 22.3. The van der Waals surface area contributed by atoms with Crippen LogP contribution in [0.5, 0.6) is 0 Å². The summed E-state index contributed by atoms with van der Waals surface area (Å²) in [5, 5.41) is 18.3. The van der Waals surface area contributed by atoms with Crippen LogP contribution in [0.1, 0.15) is 40.9 Å². The molecule has 2 aliphatic heterocycles. The van der Waals surface area contributed by atoms with E-state index in [-0.39, 0.29) is 16.9 Å². The SMILES string of the molecule is Cc1[nH]c(=O)c(C#N)cc1C(=O)N1CCC2(CC1)C[C@@H](C(=O)O)N(C)C2. The molecule has 26 heavy (non-hydrogen) atoms. The minimum Gasteiger partial charge on any atom is -0.480 e. The van der Waals surface area contributed by atoms with Crippen molar-refractivity contribution in [2.75, 3.05) is 26.7 Å². The monoisotopic (exact) mass is 358 g/mol. The van der Waals surface area contributed by atoms with Crippen molar-refractivity contribution in [3.05, 3.63) is 33.2 Å². The maximum atomic E-state index is 12.8. The van der Waals surface area contributed by atoms with Crippen LogP contribution >= 0.6 is 0 Å². The van der Waals surface area contributed by atoms with Gasteiger partial charge in [-0.1, -0.05) is 0 Å². The van der Waals surface area contributed by atoms with E-state index < -0.39 is 17.6 Å². The van der Waals surface area contributed by atoms with Gasteiger partial charge in [0.15, 0.2) is 0 Å². The summed E-state index contributed by atoms with van der Waals surface area (Å²) >= 11 is 0. The largest absolute Gasteiger partial charge is 0.480 e. The Morgan fingerprint density at radius 1 is 1.38 bits per heavy atom. The van der Waals surface area contributed by atoms with Gasteiger partial charge < -0.3 is 15.0 Å². The summed E-state index contributed by atoms with van der Waals surface area (Å²) in [5.74, 6) is -0.998. The number of rotatable bonds is 2. The van der Waals surface area contributed by atoms with Crippen LogP contribution < -0.4 is 5.56 Å². The molecular weight excluding hydrogens is 336 g/mol. The highest BCUT2D eigenvalue weighted by molar-refractivity contribution is 5.95. The molecule has 2 aliphatic rings. The third kappa shape index (κ3) is 3.10. The summed E-state index contributed by atoms with van der Waals surface area (Å²) in [6.45, 7) is 3.45. The molecule has 8 heteroatoms. The zero-order valence-corrected chi connectivity index (χ0v) is 14.9. The second-order valence-electron chi connectivity index (χ2n) is 7.43. The lowest BCUT2D eigenvalue weighted by Crippen LogP contribution is -2.44. The summed E-state index contributed by atoms with van der Waals surface area (Å²) in [5.41, 5.74) is 0.156. The Morgan fingerprint density at radius 2 is 2.04 bits per heavy atom. The zero-order chi connectivity index (χ0) is 19.1. The van der Waals surface area contributed by atoms with Crippen molar-refractivity contribution < 1.29 is 14.7 Å². The molecule has 3 heterocycles. The first-order valence-corrected chi connectivity index (χ1v) is 8.63. The van der Waals surface area contributed by atoms with Crippen LogP contribution in [0, 0.1) is 23.7 Å². The lowest BCUT2D eigenvalue weighted by atomic mass is 9.76. The lowest BCUT2D eigenvalue weighted by molar-refractivity contribution is -0.141. The van der Waals surface area contributed by atoms with Gasteiger partial charge >= 0.3 is 5.97 Å².